The van der Waals surface area contributed by atoms with Crippen molar-refractivity contribution in [3.63, 3.8) is 0 Å². The Bertz CT molecular complexity index is 471. The summed E-state index contributed by atoms with van der Waals surface area (Å²) in [6.45, 7) is 6.67. The Labute approximate surface area is 127 Å². The summed E-state index contributed by atoms with van der Waals surface area (Å²) in [6, 6.07) is 5.79. The Morgan fingerprint density at radius 3 is 2.38 bits per heavy atom. The molecule has 0 aromatic heterocycles. The van der Waals surface area contributed by atoms with Crippen molar-refractivity contribution in [2.45, 2.75) is 38.3 Å². The second-order valence-electron chi connectivity index (χ2n) is 6.06. The molecule has 0 spiro atoms. The van der Waals surface area contributed by atoms with Crippen LogP contribution in [0.5, 0.6) is 11.5 Å². The van der Waals surface area contributed by atoms with E-state index in [4.69, 9.17) is 15.3 Å². The highest BCUT2D eigenvalue weighted by Crippen LogP contribution is 2.38. The zero-order valence-electron chi connectivity index (χ0n) is 13.5. The van der Waals surface area contributed by atoms with Crippen molar-refractivity contribution in [3.05, 3.63) is 23.8 Å². The highest BCUT2D eigenvalue weighted by Gasteiger charge is 2.38. The van der Waals surface area contributed by atoms with Gasteiger partial charge in [-0.3, -0.25) is 16.2 Å². The van der Waals surface area contributed by atoms with E-state index in [0.717, 1.165) is 30.2 Å². The second-order valence-corrected chi connectivity index (χ2v) is 6.06. The van der Waals surface area contributed by atoms with Crippen LogP contribution in [0.25, 0.3) is 0 Å². The smallest absolute Gasteiger partial charge is 0.124 e. The number of hydrogen-bond donors (Lipinski definition) is 2. The molecule has 1 aromatic rings. The summed E-state index contributed by atoms with van der Waals surface area (Å²) in [4.78, 5) is 2.48. The van der Waals surface area contributed by atoms with Crippen molar-refractivity contribution in [3.8, 4) is 11.5 Å². The molecule has 1 fully saturated rings. The molecule has 0 aliphatic carbocycles. The quantitative estimate of drug-likeness (QED) is 0.621. The first-order valence-corrected chi connectivity index (χ1v) is 7.47. The third-order valence-corrected chi connectivity index (χ3v) is 4.54. The first-order valence-electron chi connectivity index (χ1n) is 7.47. The number of nitrogens with one attached hydrogen (secondary N) is 1. The fourth-order valence-electron chi connectivity index (χ4n) is 3.22. The Kier molecular flexibility index (Phi) is 5.08. The van der Waals surface area contributed by atoms with E-state index in [1.807, 2.05) is 18.2 Å². The van der Waals surface area contributed by atoms with E-state index in [1.165, 1.54) is 12.8 Å². The van der Waals surface area contributed by atoms with Crippen LogP contribution >= 0.6 is 0 Å². The second kappa shape index (κ2) is 6.64. The topological polar surface area (TPSA) is 59.8 Å². The minimum atomic E-state index is -0.106. The lowest BCUT2D eigenvalue weighted by molar-refractivity contribution is 0.105. The molecule has 1 aliphatic heterocycles. The van der Waals surface area contributed by atoms with Gasteiger partial charge in [0.2, 0.25) is 0 Å². The van der Waals surface area contributed by atoms with Gasteiger partial charge in [-0.25, -0.2) is 0 Å². The van der Waals surface area contributed by atoms with E-state index < -0.39 is 0 Å². The predicted molar refractivity (Wildman–Crippen MR) is 84.5 cm³/mol. The number of rotatable bonds is 6. The maximum atomic E-state index is 5.90. The van der Waals surface area contributed by atoms with Crippen LogP contribution in [0.15, 0.2) is 18.2 Å². The highest BCUT2D eigenvalue weighted by molar-refractivity contribution is 5.43. The molecule has 0 amide bonds. The van der Waals surface area contributed by atoms with E-state index in [0.29, 0.717) is 0 Å². The van der Waals surface area contributed by atoms with Gasteiger partial charge in [-0.15, -0.1) is 0 Å². The first-order chi connectivity index (χ1) is 10.0. The Morgan fingerprint density at radius 1 is 1.19 bits per heavy atom. The van der Waals surface area contributed by atoms with Crippen molar-refractivity contribution in [2.75, 3.05) is 27.3 Å². The van der Waals surface area contributed by atoms with Gasteiger partial charge in [0.25, 0.3) is 0 Å². The standard InChI is InChI=1S/C16H27N3O2/c1-16(2,19-9-5-6-10-19)15(18-17)13-11-12(20-3)7-8-14(13)21-4/h7-8,11,15,18H,5-6,9-10,17H2,1-4H3. The van der Waals surface area contributed by atoms with E-state index in [1.54, 1.807) is 14.2 Å². The SMILES string of the molecule is COc1ccc(OC)c(C(NN)C(C)(C)N2CCCC2)c1. The normalized spacial score (nSPS) is 17.8. The lowest BCUT2D eigenvalue weighted by Gasteiger charge is -2.42. The number of nitrogens with two attached hydrogens (primary N) is 1. The van der Waals surface area contributed by atoms with Gasteiger partial charge >= 0.3 is 0 Å². The lowest BCUT2D eigenvalue weighted by atomic mass is 9.87. The molecule has 0 saturated carbocycles. The van der Waals surface area contributed by atoms with Gasteiger partial charge in [0, 0.05) is 11.1 Å². The van der Waals surface area contributed by atoms with Gasteiger partial charge in [0.05, 0.1) is 20.3 Å². The molecule has 1 atom stereocenters. The Morgan fingerprint density at radius 2 is 1.86 bits per heavy atom. The van der Waals surface area contributed by atoms with Crippen molar-refractivity contribution < 1.29 is 9.47 Å². The summed E-state index contributed by atoms with van der Waals surface area (Å²) in [7, 11) is 3.35. The van der Waals surface area contributed by atoms with Crippen molar-refractivity contribution in [1.82, 2.24) is 10.3 Å². The summed E-state index contributed by atoms with van der Waals surface area (Å²) in [5.41, 5.74) is 3.90. The minimum absolute atomic E-state index is 0.0411. The molecule has 5 nitrogen and oxygen atoms in total. The average Bonchev–Trinajstić information content (AvgIpc) is 3.02. The average molecular weight is 293 g/mol. The molecule has 3 N–H and O–H groups in total. The van der Waals surface area contributed by atoms with Crippen molar-refractivity contribution in [2.24, 2.45) is 5.84 Å². The maximum Gasteiger partial charge on any atom is 0.124 e. The third kappa shape index (κ3) is 3.15. The van der Waals surface area contributed by atoms with Gasteiger partial charge < -0.3 is 9.47 Å². The van der Waals surface area contributed by atoms with Gasteiger partial charge in [-0.1, -0.05) is 0 Å². The lowest BCUT2D eigenvalue weighted by Crippen LogP contribution is -2.53. The molecule has 5 heteroatoms. The van der Waals surface area contributed by atoms with E-state index in [-0.39, 0.29) is 11.6 Å². The summed E-state index contributed by atoms with van der Waals surface area (Å²) < 4.78 is 10.9. The molecule has 1 heterocycles. The molecule has 1 aliphatic rings. The summed E-state index contributed by atoms with van der Waals surface area (Å²) in [5, 5.41) is 0. The van der Waals surface area contributed by atoms with Crippen LogP contribution in [0.2, 0.25) is 0 Å². The Hall–Kier alpha value is -1.30. The zero-order valence-corrected chi connectivity index (χ0v) is 13.5. The zero-order chi connectivity index (χ0) is 15.5. The van der Waals surface area contributed by atoms with Crippen molar-refractivity contribution in [1.29, 1.82) is 0 Å². The van der Waals surface area contributed by atoms with Gasteiger partial charge in [-0.05, 0) is 58.0 Å². The molecule has 0 radical (unpaired) electrons. The number of nitrogens with zero attached hydrogens (tertiary/aromatic N) is 1. The number of likely N-dealkylation sites (tertiary alicyclic amines) is 1. The monoisotopic (exact) mass is 293 g/mol. The number of hydrazine groups is 1. The van der Waals surface area contributed by atoms with Gasteiger partial charge in [0.1, 0.15) is 11.5 Å². The molecule has 1 saturated heterocycles. The maximum absolute atomic E-state index is 5.90. The van der Waals surface area contributed by atoms with E-state index in [2.05, 4.69) is 24.2 Å². The molecular formula is C16H27N3O2. The van der Waals surface area contributed by atoms with E-state index >= 15 is 0 Å². The number of benzene rings is 1. The molecule has 1 aromatic carbocycles. The summed E-state index contributed by atoms with van der Waals surface area (Å²) >= 11 is 0. The number of ether oxygens (including phenoxy) is 2. The molecule has 0 bridgehead atoms. The molecule has 2 rings (SSSR count). The van der Waals surface area contributed by atoms with Gasteiger partial charge in [0.15, 0.2) is 0 Å². The summed E-state index contributed by atoms with van der Waals surface area (Å²) in [5.74, 6) is 7.53. The number of hydrogen-bond acceptors (Lipinski definition) is 5. The molecular weight excluding hydrogens is 266 g/mol. The predicted octanol–water partition coefficient (Wildman–Crippen LogP) is 2.08. The van der Waals surface area contributed by atoms with E-state index in [9.17, 15) is 0 Å². The summed E-state index contributed by atoms with van der Waals surface area (Å²) in [6.07, 6.45) is 2.49. The van der Waals surface area contributed by atoms with Crippen LogP contribution in [0.1, 0.15) is 38.3 Å². The Balaban J connectivity index is 2.39. The van der Waals surface area contributed by atoms with Crippen LogP contribution in [-0.2, 0) is 0 Å². The molecule has 118 valence electrons. The van der Waals surface area contributed by atoms with Crippen LogP contribution in [-0.4, -0.2) is 37.7 Å². The van der Waals surface area contributed by atoms with Crippen LogP contribution in [0, 0.1) is 0 Å². The third-order valence-electron chi connectivity index (χ3n) is 4.54. The first kappa shape index (κ1) is 16.1. The number of methoxy groups -OCH3 is 2. The van der Waals surface area contributed by atoms with Crippen LogP contribution in [0.4, 0.5) is 0 Å². The molecule has 21 heavy (non-hydrogen) atoms. The highest BCUT2D eigenvalue weighted by atomic mass is 16.5. The molecule has 1 unspecified atom stereocenters. The van der Waals surface area contributed by atoms with Crippen LogP contribution < -0.4 is 20.7 Å². The van der Waals surface area contributed by atoms with Gasteiger partial charge in [-0.2, -0.15) is 0 Å². The van der Waals surface area contributed by atoms with Crippen molar-refractivity contribution >= 4 is 0 Å². The fourth-order valence-corrected chi connectivity index (χ4v) is 3.22. The van der Waals surface area contributed by atoms with Crippen LogP contribution in [0.3, 0.4) is 0 Å². The largest absolute Gasteiger partial charge is 0.497 e. The fraction of sp³-hybridized carbons (Fsp3) is 0.625. The minimum Gasteiger partial charge on any atom is -0.497 e.